The van der Waals surface area contributed by atoms with E-state index < -0.39 is 0 Å². The number of nitrogens with two attached hydrogens (primary N) is 1. The molecule has 31 heavy (non-hydrogen) atoms. The van der Waals surface area contributed by atoms with E-state index in [0.717, 1.165) is 40.6 Å². The van der Waals surface area contributed by atoms with E-state index in [0.29, 0.717) is 5.69 Å². The van der Waals surface area contributed by atoms with Gasteiger partial charge < -0.3 is 11.1 Å². The molecular formula is C28H39N3. The molecule has 166 valence electrons. The molecule has 1 aliphatic carbocycles. The van der Waals surface area contributed by atoms with Gasteiger partial charge >= 0.3 is 0 Å². The molecule has 0 aliphatic heterocycles. The largest absolute Gasteiger partial charge is 0.398 e. The Morgan fingerprint density at radius 1 is 1.10 bits per heavy atom. The van der Waals surface area contributed by atoms with Gasteiger partial charge in [-0.3, -0.25) is 0 Å². The van der Waals surface area contributed by atoms with Crippen LogP contribution >= 0.6 is 0 Å². The highest BCUT2D eigenvalue weighted by Gasteiger charge is 2.21. The van der Waals surface area contributed by atoms with Gasteiger partial charge in [0, 0.05) is 22.9 Å². The summed E-state index contributed by atoms with van der Waals surface area (Å²) in [5.41, 5.74) is 14.7. The van der Waals surface area contributed by atoms with Crippen molar-refractivity contribution in [3.8, 4) is 0 Å². The van der Waals surface area contributed by atoms with Gasteiger partial charge in [0.05, 0.1) is 11.2 Å². The summed E-state index contributed by atoms with van der Waals surface area (Å²) in [5.74, 6) is 0. The van der Waals surface area contributed by atoms with Crippen molar-refractivity contribution in [3.05, 3.63) is 64.4 Å². The third kappa shape index (κ3) is 5.94. The van der Waals surface area contributed by atoms with Gasteiger partial charge in [-0.2, -0.15) is 0 Å². The van der Waals surface area contributed by atoms with Gasteiger partial charge in [0.25, 0.3) is 0 Å². The summed E-state index contributed by atoms with van der Waals surface area (Å²) in [6.07, 6.45) is 18.4. The van der Waals surface area contributed by atoms with Gasteiger partial charge in [-0.1, -0.05) is 63.0 Å². The van der Waals surface area contributed by atoms with Crippen LogP contribution in [0.25, 0.3) is 16.5 Å². The molecule has 0 unspecified atom stereocenters. The van der Waals surface area contributed by atoms with Crippen LogP contribution in [-0.2, 0) is 12.8 Å². The second-order valence-electron chi connectivity index (χ2n) is 8.22. The number of hydrogen-bond donors (Lipinski definition) is 2. The first-order chi connectivity index (χ1) is 15.0. The predicted octanol–water partition coefficient (Wildman–Crippen LogP) is 7.82. The molecule has 1 aromatic heterocycles. The molecule has 0 saturated carbocycles. The van der Waals surface area contributed by atoms with Crippen molar-refractivity contribution in [2.75, 3.05) is 5.73 Å². The number of allylic oxidation sites excluding steroid dienone is 6. The van der Waals surface area contributed by atoms with Crippen molar-refractivity contribution in [1.29, 1.82) is 5.41 Å². The minimum atomic E-state index is 0.657. The molecule has 3 rings (SSSR count). The molecule has 3 nitrogen and oxygen atoms in total. The zero-order valence-electron chi connectivity index (χ0n) is 20.0. The smallest absolute Gasteiger partial charge is 0.0741 e. The third-order valence-electron chi connectivity index (χ3n) is 5.79. The van der Waals surface area contributed by atoms with E-state index in [1.807, 2.05) is 19.1 Å². The Balaban J connectivity index is 0.000000614. The summed E-state index contributed by atoms with van der Waals surface area (Å²) >= 11 is 0. The maximum absolute atomic E-state index is 7.84. The summed E-state index contributed by atoms with van der Waals surface area (Å²) in [5, 5.41) is 8.91. The lowest BCUT2D eigenvalue weighted by molar-refractivity contribution is 0.685. The maximum Gasteiger partial charge on any atom is 0.0741 e. The Bertz CT molecular complexity index is 991. The number of benzene rings is 1. The van der Waals surface area contributed by atoms with Crippen LogP contribution in [0.2, 0.25) is 0 Å². The molecule has 0 spiro atoms. The normalized spacial score (nSPS) is 14.4. The lowest BCUT2D eigenvalue weighted by atomic mass is 9.84. The van der Waals surface area contributed by atoms with Crippen LogP contribution in [0, 0.1) is 5.41 Å². The van der Waals surface area contributed by atoms with Crippen molar-refractivity contribution in [3.63, 3.8) is 0 Å². The molecule has 0 radical (unpaired) electrons. The number of aryl methyl sites for hydroxylation is 1. The molecule has 0 atom stereocenters. The SMILES string of the molecule is CCCCC.C\C=C/C(C)=C/C(=C\C)c1nc2ccc(N)c(C=N)c2c2c1CCCC2. The first-order valence-corrected chi connectivity index (χ1v) is 11.7. The van der Waals surface area contributed by atoms with E-state index in [4.69, 9.17) is 16.1 Å². The summed E-state index contributed by atoms with van der Waals surface area (Å²) in [6, 6.07) is 3.86. The van der Waals surface area contributed by atoms with Crippen molar-refractivity contribution in [2.45, 2.75) is 79.6 Å². The van der Waals surface area contributed by atoms with Gasteiger partial charge in [-0.05, 0) is 75.3 Å². The van der Waals surface area contributed by atoms with Gasteiger partial charge in [0.15, 0.2) is 0 Å². The average Bonchev–Trinajstić information content (AvgIpc) is 2.78. The number of unbranched alkanes of at least 4 members (excludes halogenated alkanes) is 2. The number of hydrogen-bond acceptors (Lipinski definition) is 3. The maximum atomic E-state index is 7.84. The molecule has 1 aliphatic rings. The van der Waals surface area contributed by atoms with E-state index in [2.05, 4.69) is 52.0 Å². The minimum absolute atomic E-state index is 0.657. The Hall–Kier alpha value is -2.68. The van der Waals surface area contributed by atoms with Crippen LogP contribution in [-0.4, -0.2) is 11.2 Å². The van der Waals surface area contributed by atoms with Crippen LogP contribution < -0.4 is 5.73 Å². The molecule has 3 N–H and O–H groups in total. The first-order valence-electron chi connectivity index (χ1n) is 11.7. The van der Waals surface area contributed by atoms with E-state index in [1.165, 1.54) is 55.0 Å². The van der Waals surface area contributed by atoms with E-state index >= 15 is 0 Å². The van der Waals surface area contributed by atoms with Gasteiger partial charge in [-0.15, -0.1) is 0 Å². The lowest BCUT2D eigenvalue weighted by Gasteiger charge is -2.23. The highest BCUT2D eigenvalue weighted by Crippen LogP contribution is 2.36. The number of fused-ring (bicyclic) bond motifs is 3. The number of nitrogens with one attached hydrogen (secondary N) is 1. The molecule has 0 bridgehead atoms. The van der Waals surface area contributed by atoms with E-state index in [1.54, 1.807) is 0 Å². The van der Waals surface area contributed by atoms with Crippen LogP contribution in [0.4, 0.5) is 5.69 Å². The first kappa shape index (κ1) is 24.6. The fourth-order valence-electron chi connectivity index (χ4n) is 4.26. The Morgan fingerprint density at radius 3 is 2.32 bits per heavy atom. The molecule has 1 aromatic carbocycles. The number of rotatable bonds is 6. The summed E-state index contributed by atoms with van der Waals surface area (Å²) in [7, 11) is 0. The molecule has 3 heteroatoms. The van der Waals surface area contributed by atoms with Gasteiger partial charge in [0.2, 0.25) is 0 Å². The average molecular weight is 418 g/mol. The van der Waals surface area contributed by atoms with Gasteiger partial charge in [-0.25, -0.2) is 4.98 Å². The highest BCUT2D eigenvalue weighted by molar-refractivity contribution is 6.05. The monoisotopic (exact) mass is 417 g/mol. The number of nitrogen functional groups attached to an aromatic ring is 1. The Morgan fingerprint density at radius 2 is 1.77 bits per heavy atom. The zero-order valence-corrected chi connectivity index (χ0v) is 20.0. The van der Waals surface area contributed by atoms with Gasteiger partial charge in [0.1, 0.15) is 0 Å². The predicted molar refractivity (Wildman–Crippen MR) is 138 cm³/mol. The third-order valence-corrected chi connectivity index (χ3v) is 5.79. The molecule has 1 heterocycles. The molecule has 0 fully saturated rings. The molecule has 2 aromatic rings. The number of nitrogens with zero attached hydrogens (tertiary/aromatic N) is 1. The Kier molecular flexibility index (Phi) is 9.71. The standard InChI is InChI=1S/C23H27N3.C5H12/c1-4-8-15(3)13-16(5-2)23-18-10-7-6-9-17(18)22-19(14-24)20(25)11-12-21(22)26-23;1-3-5-4-2/h4-5,8,11-14,24H,6-7,9-10,25H2,1-3H3;3-5H2,1-2H3/b8-4-,15-13+,16-5+,24-14?;. The van der Waals surface area contributed by atoms with Crippen LogP contribution in [0.15, 0.2) is 42.0 Å². The minimum Gasteiger partial charge on any atom is -0.398 e. The van der Waals surface area contributed by atoms with Crippen LogP contribution in [0.5, 0.6) is 0 Å². The molecule has 0 amide bonds. The number of pyridine rings is 1. The second kappa shape index (κ2) is 12.2. The molecule has 0 saturated heterocycles. The van der Waals surface area contributed by atoms with Crippen LogP contribution in [0.3, 0.4) is 0 Å². The summed E-state index contributed by atoms with van der Waals surface area (Å²) in [6.45, 7) is 10.6. The zero-order chi connectivity index (χ0) is 22.8. The molecular weight excluding hydrogens is 378 g/mol. The topological polar surface area (TPSA) is 62.8 Å². The lowest BCUT2D eigenvalue weighted by Crippen LogP contribution is -2.11. The van der Waals surface area contributed by atoms with Crippen LogP contribution in [0.1, 0.15) is 89.1 Å². The van der Waals surface area contributed by atoms with Crippen molar-refractivity contribution < 1.29 is 0 Å². The van der Waals surface area contributed by atoms with Crippen molar-refractivity contribution >= 4 is 28.4 Å². The fourth-order valence-corrected chi connectivity index (χ4v) is 4.26. The quantitative estimate of drug-likeness (QED) is 0.286. The fraction of sp³-hybridized carbons (Fsp3) is 0.429. The van der Waals surface area contributed by atoms with Crippen molar-refractivity contribution in [1.82, 2.24) is 4.98 Å². The summed E-state index contributed by atoms with van der Waals surface area (Å²) < 4.78 is 0. The second-order valence-corrected chi connectivity index (χ2v) is 8.22. The number of aromatic nitrogens is 1. The Labute approximate surface area is 188 Å². The van der Waals surface area contributed by atoms with E-state index in [-0.39, 0.29) is 0 Å². The highest BCUT2D eigenvalue weighted by atomic mass is 14.7. The number of anilines is 1. The summed E-state index contributed by atoms with van der Waals surface area (Å²) in [4.78, 5) is 5.03. The van der Waals surface area contributed by atoms with Crippen molar-refractivity contribution in [2.24, 2.45) is 0 Å². The van der Waals surface area contributed by atoms with E-state index in [9.17, 15) is 0 Å².